The van der Waals surface area contributed by atoms with Gasteiger partial charge in [-0.2, -0.15) is 0 Å². The minimum atomic E-state index is -0.378. The maximum absolute atomic E-state index is 12.3. The molecule has 3 rings (SSSR count). The third-order valence-corrected chi connectivity index (χ3v) is 5.41. The average Bonchev–Trinajstić information content (AvgIpc) is 3.02. The Hall–Kier alpha value is -2.34. The molecule has 1 aliphatic rings. The van der Waals surface area contributed by atoms with Crippen LogP contribution in [0, 0.1) is 5.92 Å². The van der Waals surface area contributed by atoms with E-state index in [1.807, 2.05) is 6.07 Å². The highest BCUT2D eigenvalue weighted by molar-refractivity contribution is 7.14. The van der Waals surface area contributed by atoms with Crippen LogP contribution in [0.15, 0.2) is 30.3 Å². The van der Waals surface area contributed by atoms with Gasteiger partial charge in [-0.3, -0.25) is 20.4 Å². The van der Waals surface area contributed by atoms with Gasteiger partial charge in [-0.25, -0.2) is 0 Å². The lowest BCUT2D eigenvalue weighted by Crippen LogP contribution is -2.41. The van der Waals surface area contributed by atoms with Crippen molar-refractivity contribution in [3.8, 4) is 5.75 Å². The summed E-state index contributed by atoms with van der Waals surface area (Å²) >= 11 is 1.52. The molecule has 24 heavy (non-hydrogen) atoms. The fourth-order valence-corrected chi connectivity index (χ4v) is 3.93. The number of methoxy groups -OCH3 is 1. The van der Waals surface area contributed by atoms with Gasteiger partial charge in [-0.15, -0.1) is 11.3 Å². The van der Waals surface area contributed by atoms with Crippen molar-refractivity contribution in [3.05, 3.63) is 51.2 Å². The molecule has 0 aliphatic heterocycles. The number of thiophene rings is 1. The summed E-state index contributed by atoms with van der Waals surface area (Å²) in [7, 11) is 1.54. The molecule has 0 saturated heterocycles. The second-order valence-electron chi connectivity index (χ2n) is 6.05. The maximum Gasteiger partial charge on any atom is 0.279 e. The molecular weight excluding hydrogens is 324 g/mol. The summed E-state index contributed by atoms with van der Waals surface area (Å²) < 4.78 is 5.09. The summed E-state index contributed by atoms with van der Waals surface area (Å²) in [5, 5.41) is 0. The van der Waals surface area contributed by atoms with E-state index in [1.54, 1.807) is 24.3 Å². The minimum Gasteiger partial charge on any atom is -0.497 e. The molecule has 0 saturated carbocycles. The lowest BCUT2D eigenvalue weighted by Gasteiger charge is -2.16. The summed E-state index contributed by atoms with van der Waals surface area (Å²) in [4.78, 5) is 26.3. The molecular formula is C18H20N2O3S. The molecule has 6 heteroatoms. The Balaban J connectivity index is 1.62. The third kappa shape index (κ3) is 3.59. The van der Waals surface area contributed by atoms with E-state index in [-0.39, 0.29) is 11.8 Å². The first-order valence-electron chi connectivity index (χ1n) is 7.93. The number of amides is 2. The second kappa shape index (κ2) is 7.05. The average molecular weight is 344 g/mol. The lowest BCUT2D eigenvalue weighted by molar-refractivity contribution is 0.0848. The van der Waals surface area contributed by atoms with Crippen molar-refractivity contribution in [2.75, 3.05) is 7.11 Å². The molecule has 0 bridgehead atoms. The van der Waals surface area contributed by atoms with Crippen LogP contribution in [-0.4, -0.2) is 18.9 Å². The van der Waals surface area contributed by atoms with Gasteiger partial charge in [-0.1, -0.05) is 13.0 Å². The number of hydrogen-bond donors (Lipinski definition) is 2. The topological polar surface area (TPSA) is 67.4 Å². The summed E-state index contributed by atoms with van der Waals surface area (Å²) in [6.45, 7) is 2.23. The molecule has 2 amide bonds. The van der Waals surface area contributed by atoms with Crippen LogP contribution >= 0.6 is 11.3 Å². The van der Waals surface area contributed by atoms with E-state index in [1.165, 1.54) is 35.3 Å². The van der Waals surface area contributed by atoms with Gasteiger partial charge in [0.25, 0.3) is 11.8 Å². The molecule has 0 unspecified atom stereocenters. The number of ether oxygens (including phenoxy) is 1. The molecule has 1 atom stereocenters. The quantitative estimate of drug-likeness (QED) is 0.841. The highest BCUT2D eigenvalue weighted by Crippen LogP contribution is 2.32. The number of fused-ring (bicyclic) bond motifs is 1. The van der Waals surface area contributed by atoms with Crippen molar-refractivity contribution >= 4 is 23.2 Å². The van der Waals surface area contributed by atoms with Gasteiger partial charge in [0.2, 0.25) is 0 Å². The molecule has 1 heterocycles. The van der Waals surface area contributed by atoms with Gasteiger partial charge in [0.15, 0.2) is 0 Å². The Morgan fingerprint density at radius 2 is 2.00 bits per heavy atom. The number of hydrogen-bond acceptors (Lipinski definition) is 4. The zero-order valence-electron chi connectivity index (χ0n) is 13.7. The number of nitrogens with one attached hydrogen (secondary N) is 2. The van der Waals surface area contributed by atoms with E-state index in [9.17, 15) is 9.59 Å². The number of hydrazine groups is 1. The molecule has 0 radical (unpaired) electrons. The first kappa shape index (κ1) is 16.5. The number of benzene rings is 1. The number of rotatable bonds is 3. The molecule has 2 N–H and O–H groups in total. The third-order valence-electron chi connectivity index (χ3n) is 4.17. The van der Waals surface area contributed by atoms with Gasteiger partial charge < -0.3 is 4.74 Å². The largest absolute Gasteiger partial charge is 0.497 e. The van der Waals surface area contributed by atoms with Crippen LogP contribution in [0.2, 0.25) is 0 Å². The highest BCUT2D eigenvalue weighted by atomic mass is 32.1. The first-order chi connectivity index (χ1) is 11.6. The zero-order chi connectivity index (χ0) is 17.1. The number of carbonyl (C=O) groups is 2. The van der Waals surface area contributed by atoms with E-state index >= 15 is 0 Å². The van der Waals surface area contributed by atoms with Gasteiger partial charge in [0.05, 0.1) is 12.0 Å². The van der Waals surface area contributed by atoms with Gasteiger partial charge in [0, 0.05) is 10.4 Å². The fraction of sp³-hybridized carbons (Fsp3) is 0.333. The normalized spacial score (nSPS) is 16.2. The van der Waals surface area contributed by atoms with Crippen LogP contribution in [0.25, 0.3) is 0 Å². The molecule has 5 nitrogen and oxygen atoms in total. The highest BCUT2D eigenvalue weighted by Gasteiger charge is 2.21. The molecule has 0 fully saturated rings. The van der Waals surface area contributed by atoms with Crippen molar-refractivity contribution in [3.63, 3.8) is 0 Å². The van der Waals surface area contributed by atoms with Crippen molar-refractivity contribution < 1.29 is 14.3 Å². The van der Waals surface area contributed by atoms with Crippen LogP contribution < -0.4 is 15.6 Å². The Bertz CT molecular complexity index is 769. The summed E-state index contributed by atoms with van der Waals surface area (Å²) in [6.07, 6.45) is 3.22. The van der Waals surface area contributed by atoms with E-state index < -0.39 is 0 Å². The van der Waals surface area contributed by atoms with Crippen LogP contribution in [0.4, 0.5) is 0 Å². The summed E-state index contributed by atoms with van der Waals surface area (Å²) in [5.74, 6) is 0.597. The van der Waals surface area contributed by atoms with Crippen molar-refractivity contribution in [2.24, 2.45) is 5.92 Å². The maximum atomic E-state index is 12.3. The van der Waals surface area contributed by atoms with Crippen LogP contribution in [-0.2, 0) is 12.8 Å². The molecule has 1 aromatic heterocycles. The first-order valence-corrected chi connectivity index (χ1v) is 8.75. The zero-order valence-corrected chi connectivity index (χ0v) is 14.5. The smallest absolute Gasteiger partial charge is 0.279 e. The predicted octanol–water partition coefficient (Wildman–Crippen LogP) is 2.96. The lowest BCUT2D eigenvalue weighted by atomic mass is 9.90. The fourth-order valence-electron chi connectivity index (χ4n) is 2.83. The summed E-state index contributed by atoms with van der Waals surface area (Å²) in [6, 6.07) is 8.71. The van der Waals surface area contributed by atoms with Crippen LogP contribution in [0.3, 0.4) is 0 Å². The van der Waals surface area contributed by atoms with Crippen LogP contribution in [0.5, 0.6) is 5.75 Å². The van der Waals surface area contributed by atoms with Gasteiger partial charge in [0.1, 0.15) is 5.75 Å². The molecule has 1 aliphatic carbocycles. The van der Waals surface area contributed by atoms with Crippen molar-refractivity contribution in [2.45, 2.75) is 26.2 Å². The Morgan fingerprint density at radius 3 is 2.79 bits per heavy atom. The van der Waals surface area contributed by atoms with Gasteiger partial charge >= 0.3 is 0 Å². The Labute approximate surface area is 145 Å². The van der Waals surface area contributed by atoms with E-state index in [0.717, 1.165) is 12.8 Å². The Morgan fingerprint density at radius 1 is 1.21 bits per heavy atom. The van der Waals surface area contributed by atoms with E-state index in [4.69, 9.17) is 4.74 Å². The van der Waals surface area contributed by atoms with E-state index in [0.29, 0.717) is 22.1 Å². The molecule has 1 aromatic carbocycles. The second-order valence-corrected chi connectivity index (χ2v) is 7.18. The number of carbonyl (C=O) groups excluding carboxylic acids is 2. The van der Waals surface area contributed by atoms with Crippen molar-refractivity contribution in [1.82, 2.24) is 10.9 Å². The minimum absolute atomic E-state index is 0.279. The van der Waals surface area contributed by atoms with Crippen LogP contribution in [0.1, 0.15) is 43.8 Å². The van der Waals surface area contributed by atoms with Crippen molar-refractivity contribution in [1.29, 1.82) is 0 Å². The summed E-state index contributed by atoms with van der Waals surface area (Å²) in [5.41, 5.74) is 6.63. The predicted molar refractivity (Wildman–Crippen MR) is 93.4 cm³/mol. The van der Waals surface area contributed by atoms with Gasteiger partial charge in [-0.05, 0) is 55.0 Å². The van der Waals surface area contributed by atoms with E-state index in [2.05, 4.69) is 17.8 Å². The molecule has 2 aromatic rings. The monoisotopic (exact) mass is 344 g/mol. The molecule has 126 valence electrons. The SMILES string of the molecule is COc1cccc(C(=O)NNC(=O)c2cc3c(s2)CC[C@H](C)C3)c1. The molecule has 0 spiro atoms. The number of aryl methyl sites for hydroxylation is 1. The standard InChI is InChI=1S/C18H20N2O3S/c1-11-6-7-15-13(8-11)10-16(24-15)18(22)20-19-17(21)12-4-3-5-14(9-12)23-2/h3-5,9-11H,6-8H2,1-2H3,(H,19,21)(H,20,22)/t11-/m0/s1. The Kier molecular flexibility index (Phi) is 4.85.